The monoisotopic (exact) mass is 343 g/mol. The van der Waals surface area contributed by atoms with Crippen LogP contribution in [0.4, 0.5) is 0 Å². The molecule has 0 aliphatic heterocycles. The topological polar surface area (TPSA) is 49.0 Å². The summed E-state index contributed by atoms with van der Waals surface area (Å²) in [6.07, 6.45) is 1.74. The van der Waals surface area contributed by atoms with E-state index in [1.165, 1.54) is 0 Å². The van der Waals surface area contributed by atoms with Gasteiger partial charge in [-0.3, -0.25) is 9.89 Å². The lowest BCUT2D eigenvalue weighted by atomic mass is 10.1. The van der Waals surface area contributed by atoms with Gasteiger partial charge in [-0.1, -0.05) is 34.1 Å². The van der Waals surface area contributed by atoms with Crippen LogP contribution in [0.2, 0.25) is 0 Å². The molecule has 106 valence electrons. The maximum Gasteiger partial charge on any atom is 0.253 e. The van der Waals surface area contributed by atoms with Gasteiger partial charge >= 0.3 is 0 Å². The highest BCUT2D eigenvalue weighted by Crippen LogP contribution is 2.16. The lowest BCUT2D eigenvalue weighted by Crippen LogP contribution is -2.26. The summed E-state index contributed by atoms with van der Waals surface area (Å²) in [4.78, 5) is 14.2. The third kappa shape index (κ3) is 2.97. The number of benzene rings is 2. The van der Waals surface area contributed by atoms with Gasteiger partial charge in [-0.25, -0.2) is 0 Å². The van der Waals surface area contributed by atoms with Gasteiger partial charge in [0.05, 0.1) is 11.7 Å². The molecule has 0 spiro atoms. The molecule has 0 saturated carbocycles. The first kappa shape index (κ1) is 13.8. The number of H-pyrrole nitrogens is 1. The van der Waals surface area contributed by atoms with E-state index in [-0.39, 0.29) is 5.91 Å². The normalized spacial score (nSPS) is 10.8. The fourth-order valence-electron chi connectivity index (χ4n) is 2.27. The molecule has 21 heavy (non-hydrogen) atoms. The molecule has 0 saturated heterocycles. The molecular weight excluding hydrogens is 330 g/mol. The molecule has 4 nitrogen and oxygen atoms in total. The van der Waals surface area contributed by atoms with Crippen LogP contribution in [-0.4, -0.2) is 28.1 Å². The van der Waals surface area contributed by atoms with Gasteiger partial charge in [0.15, 0.2) is 0 Å². The number of aromatic amines is 1. The highest BCUT2D eigenvalue weighted by Gasteiger charge is 2.13. The van der Waals surface area contributed by atoms with Gasteiger partial charge < -0.3 is 4.90 Å². The molecule has 2 aromatic carbocycles. The van der Waals surface area contributed by atoms with E-state index in [4.69, 9.17) is 0 Å². The second-order valence-corrected chi connectivity index (χ2v) is 5.88. The molecule has 0 atom stereocenters. The number of fused-ring (bicyclic) bond motifs is 1. The third-order valence-corrected chi connectivity index (χ3v) is 3.84. The fraction of sp³-hybridized carbons (Fsp3) is 0.125. The van der Waals surface area contributed by atoms with Gasteiger partial charge in [-0.05, 0) is 29.8 Å². The van der Waals surface area contributed by atoms with Gasteiger partial charge in [0.1, 0.15) is 0 Å². The molecule has 0 aliphatic rings. The van der Waals surface area contributed by atoms with Gasteiger partial charge in [-0.15, -0.1) is 0 Å². The lowest BCUT2D eigenvalue weighted by Gasteiger charge is -2.17. The number of aromatic nitrogens is 2. The van der Waals surface area contributed by atoms with E-state index < -0.39 is 0 Å². The van der Waals surface area contributed by atoms with Gasteiger partial charge in [-0.2, -0.15) is 5.10 Å². The Kier molecular flexibility index (Phi) is 3.75. The quantitative estimate of drug-likeness (QED) is 0.789. The van der Waals surface area contributed by atoms with Crippen molar-refractivity contribution >= 4 is 32.7 Å². The van der Waals surface area contributed by atoms with Crippen LogP contribution >= 0.6 is 15.9 Å². The predicted molar refractivity (Wildman–Crippen MR) is 86.0 cm³/mol. The van der Waals surface area contributed by atoms with Crippen molar-refractivity contribution in [3.63, 3.8) is 0 Å². The van der Waals surface area contributed by atoms with E-state index in [9.17, 15) is 4.79 Å². The summed E-state index contributed by atoms with van der Waals surface area (Å²) < 4.78 is 1.01. The third-order valence-electron chi connectivity index (χ3n) is 3.34. The number of rotatable bonds is 3. The Morgan fingerprint density at radius 2 is 2.14 bits per heavy atom. The second-order valence-electron chi connectivity index (χ2n) is 4.96. The average molecular weight is 344 g/mol. The van der Waals surface area contributed by atoms with Crippen molar-refractivity contribution in [1.82, 2.24) is 15.1 Å². The first-order valence-corrected chi connectivity index (χ1v) is 7.36. The summed E-state index contributed by atoms with van der Waals surface area (Å²) in [6.45, 7) is 0.569. The Balaban J connectivity index is 1.80. The molecule has 1 N–H and O–H groups in total. The van der Waals surface area contributed by atoms with Crippen LogP contribution in [0.5, 0.6) is 0 Å². The zero-order valence-electron chi connectivity index (χ0n) is 11.5. The van der Waals surface area contributed by atoms with Crippen LogP contribution in [-0.2, 0) is 6.54 Å². The Bertz CT molecular complexity index is 797. The first-order valence-electron chi connectivity index (χ1n) is 6.56. The van der Waals surface area contributed by atoms with E-state index in [0.29, 0.717) is 12.1 Å². The maximum absolute atomic E-state index is 12.5. The molecule has 3 rings (SSSR count). The van der Waals surface area contributed by atoms with Crippen molar-refractivity contribution in [3.05, 3.63) is 64.3 Å². The Morgan fingerprint density at radius 1 is 1.29 bits per heavy atom. The van der Waals surface area contributed by atoms with E-state index in [2.05, 4.69) is 26.1 Å². The van der Waals surface area contributed by atoms with Crippen LogP contribution < -0.4 is 0 Å². The molecule has 1 amide bonds. The molecule has 3 aromatic rings. The Labute approximate surface area is 130 Å². The van der Waals surface area contributed by atoms with E-state index in [0.717, 1.165) is 20.9 Å². The summed E-state index contributed by atoms with van der Waals surface area (Å²) in [5.74, 6) is -0.00789. The van der Waals surface area contributed by atoms with Crippen molar-refractivity contribution in [2.75, 3.05) is 7.05 Å². The van der Waals surface area contributed by atoms with E-state index in [1.807, 2.05) is 42.5 Å². The SMILES string of the molecule is CN(Cc1cccc(Br)c1)C(=O)c1ccc2cn[nH]c2c1. The van der Waals surface area contributed by atoms with E-state index in [1.54, 1.807) is 18.1 Å². The van der Waals surface area contributed by atoms with Crippen molar-refractivity contribution in [3.8, 4) is 0 Å². The summed E-state index contributed by atoms with van der Waals surface area (Å²) >= 11 is 3.44. The zero-order chi connectivity index (χ0) is 14.8. The molecule has 1 heterocycles. The van der Waals surface area contributed by atoms with Crippen molar-refractivity contribution < 1.29 is 4.79 Å². The summed E-state index contributed by atoms with van der Waals surface area (Å²) in [7, 11) is 1.81. The van der Waals surface area contributed by atoms with Gasteiger partial charge in [0.25, 0.3) is 5.91 Å². The van der Waals surface area contributed by atoms with E-state index >= 15 is 0 Å². The Hall–Kier alpha value is -2.14. The minimum absolute atomic E-state index is 0.00789. The number of carbonyl (C=O) groups excluding carboxylic acids is 1. The standard InChI is InChI=1S/C16H14BrN3O/c1-20(10-11-3-2-4-14(17)7-11)16(21)12-5-6-13-9-18-19-15(13)8-12/h2-9H,10H2,1H3,(H,18,19). The molecule has 0 aliphatic carbocycles. The number of carbonyl (C=O) groups is 1. The summed E-state index contributed by atoms with van der Waals surface area (Å²) in [6, 6.07) is 13.5. The summed E-state index contributed by atoms with van der Waals surface area (Å²) in [5, 5.41) is 7.85. The van der Waals surface area contributed by atoms with Crippen LogP contribution in [0.1, 0.15) is 15.9 Å². The van der Waals surface area contributed by atoms with Crippen molar-refractivity contribution in [1.29, 1.82) is 0 Å². The number of halogens is 1. The minimum Gasteiger partial charge on any atom is -0.337 e. The first-order chi connectivity index (χ1) is 10.1. The average Bonchev–Trinajstić information content (AvgIpc) is 2.93. The molecule has 0 radical (unpaired) electrons. The van der Waals surface area contributed by atoms with Crippen molar-refractivity contribution in [2.45, 2.75) is 6.54 Å². The number of amides is 1. The number of hydrogen-bond acceptors (Lipinski definition) is 2. The fourth-order valence-corrected chi connectivity index (χ4v) is 2.72. The lowest BCUT2D eigenvalue weighted by molar-refractivity contribution is 0.0785. The predicted octanol–water partition coefficient (Wildman–Crippen LogP) is 3.60. The number of hydrogen-bond donors (Lipinski definition) is 1. The molecule has 0 unspecified atom stereocenters. The molecule has 0 fully saturated rings. The number of nitrogens with zero attached hydrogens (tertiary/aromatic N) is 2. The van der Waals surface area contributed by atoms with Gasteiger partial charge in [0.2, 0.25) is 0 Å². The van der Waals surface area contributed by atoms with Crippen LogP contribution in [0.15, 0.2) is 53.1 Å². The molecule has 5 heteroatoms. The van der Waals surface area contributed by atoms with Crippen LogP contribution in [0.3, 0.4) is 0 Å². The minimum atomic E-state index is -0.00789. The Morgan fingerprint density at radius 3 is 2.95 bits per heavy atom. The zero-order valence-corrected chi connectivity index (χ0v) is 13.1. The molecular formula is C16H14BrN3O. The highest BCUT2D eigenvalue weighted by atomic mass is 79.9. The summed E-state index contributed by atoms with van der Waals surface area (Å²) in [5.41, 5.74) is 2.61. The molecule has 1 aromatic heterocycles. The second kappa shape index (κ2) is 5.69. The largest absolute Gasteiger partial charge is 0.337 e. The van der Waals surface area contributed by atoms with Crippen molar-refractivity contribution in [2.24, 2.45) is 0 Å². The number of nitrogens with one attached hydrogen (secondary N) is 1. The molecule has 0 bridgehead atoms. The highest BCUT2D eigenvalue weighted by molar-refractivity contribution is 9.10. The van der Waals surface area contributed by atoms with Crippen LogP contribution in [0, 0.1) is 0 Å². The van der Waals surface area contributed by atoms with Crippen LogP contribution in [0.25, 0.3) is 10.9 Å². The smallest absolute Gasteiger partial charge is 0.253 e. The maximum atomic E-state index is 12.5. The van der Waals surface area contributed by atoms with Gasteiger partial charge in [0, 0.05) is 29.0 Å².